The lowest BCUT2D eigenvalue weighted by Crippen LogP contribution is -2.35. The average Bonchev–Trinajstić information content (AvgIpc) is 2.23. The first-order chi connectivity index (χ1) is 7.93. The minimum atomic E-state index is 0.103. The Bertz CT molecular complexity index is 343. The molecule has 0 radical (unpaired) electrons. The number of nitrogens with one attached hydrogen (secondary N) is 1. The van der Waals surface area contributed by atoms with Crippen LogP contribution < -0.4 is 5.32 Å². The molecule has 0 fully saturated rings. The summed E-state index contributed by atoms with van der Waals surface area (Å²) in [6, 6.07) is 5.26. The smallest absolute Gasteiger partial charge is 0.119 e. The van der Waals surface area contributed by atoms with Crippen LogP contribution in [0, 0.1) is 5.92 Å². The zero-order valence-corrected chi connectivity index (χ0v) is 11.1. The van der Waals surface area contributed by atoms with E-state index < -0.39 is 0 Å². The SMILES string of the molecule is CCC(NC(C)c1cc(O)cc(O)c1)C(C)C. The molecule has 0 aromatic heterocycles. The van der Waals surface area contributed by atoms with Gasteiger partial charge in [-0.1, -0.05) is 20.8 Å². The summed E-state index contributed by atoms with van der Waals surface area (Å²) in [5, 5.41) is 22.4. The second-order valence-electron chi connectivity index (χ2n) is 4.93. The first kappa shape index (κ1) is 13.8. The fourth-order valence-electron chi connectivity index (χ4n) is 2.07. The van der Waals surface area contributed by atoms with Crippen LogP contribution in [0.2, 0.25) is 0 Å². The van der Waals surface area contributed by atoms with E-state index in [1.54, 1.807) is 12.1 Å². The van der Waals surface area contributed by atoms with E-state index in [0.29, 0.717) is 12.0 Å². The van der Waals surface area contributed by atoms with Crippen molar-refractivity contribution >= 4 is 0 Å². The molecule has 1 rings (SSSR count). The molecule has 1 aromatic rings. The molecule has 2 unspecified atom stereocenters. The maximum atomic E-state index is 9.46. The van der Waals surface area contributed by atoms with Crippen LogP contribution in [0.1, 0.15) is 45.7 Å². The summed E-state index contributed by atoms with van der Waals surface area (Å²) in [7, 11) is 0. The molecule has 0 aliphatic carbocycles. The largest absolute Gasteiger partial charge is 0.508 e. The lowest BCUT2D eigenvalue weighted by molar-refractivity contribution is 0.354. The highest BCUT2D eigenvalue weighted by Crippen LogP contribution is 2.25. The zero-order valence-electron chi connectivity index (χ0n) is 11.1. The molecule has 0 heterocycles. The maximum Gasteiger partial charge on any atom is 0.119 e. The fraction of sp³-hybridized carbons (Fsp3) is 0.571. The van der Waals surface area contributed by atoms with Gasteiger partial charge in [0.2, 0.25) is 0 Å². The molecule has 0 amide bonds. The van der Waals surface area contributed by atoms with E-state index in [-0.39, 0.29) is 17.5 Å². The molecule has 0 aliphatic heterocycles. The third-order valence-electron chi connectivity index (χ3n) is 3.13. The van der Waals surface area contributed by atoms with Gasteiger partial charge < -0.3 is 15.5 Å². The van der Waals surface area contributed by atoms with Crippen LogP contribution in [0.25, 0.3) is 0 Å². The van der Waals surface area contributed by atoms with Crippen molar-refractivity contribution in [1.82, 2.24) is 5.32 Å². The monoisotopic (exact) mass is 237 g/mol. The molecule has 2 atom stereocenters. The van der Waals surface area contributed by atoms with Crippen LogP contribution >= 0.6 is 0 Å². The van der Waals surface area contributed by atoms with E-state index in [4.69, 9.17) is 0 Å². The van der Waals surface area contributed by atoms with Crippen molar-refractivity contribution in [3.8, 4) is 11.5 Å². The molecule has 3 heteroatoms. The topological polar surface area (TPSA) is 52.5 Å². The molecule has 0 aliphatic rings. The van der Waals surface area contributed by atoms with Gasteiger partial charge in [0, 0.05) is 18.2 Å². The summed E-state index contributed by atoms with van der Waals surface area (Å²) in [6.45, 7) is 8.57. The lowest BCUT2D eigenvalue weighted by atomic mass is 9.99. The molecule has 1 aromatic carbocycles. The molecule has 3 nitrogen and oxygen atoms in total. The highest BCUT2D eigenvalue weighted by molar-refractivity contribution is 5.37. The van der Waals surface area contributed by atoms with Crippen LogP contribution in [-0.2, 0) is 0 Å². The van der Waals surface area contributed by atoms with Gasteiger partial charge in [-0.25, -0.2) is 0 Å². The summed E-state index contributed by atoms with van der Waals surface area (Å²) in [5.74, 6) is 0.769. The van der Waals surface area contributed by atoms with Crippen LogP contribution in [0.5, 0.6) is 11.5 Å². The molecular formula is C14H23NO2. The van der Waals surface area contributed by atoms with E-state index in [0.717, 1.165) is 12.0 Å². The van der Waals surface area contributed by atoms with Gasteiger partial charge in [0.1, 0.15) is 11.5 Å². The van der Waals surface area contributed by atoms with Crippen molar-refractivity contribution in [2.45, 2.75) is 46.2 Å². The first-order valence-electron chi connectivity index (χ1n) is 6.23. The van der Waals surface area contributed by atoms with Crippen molar-refractivity contribution in [3.63, 3.8) is 0 Å². The number of aromatic hydroxyl groups is 2. The normalized spacial score (nSPS) is 14.9. The van der Waals surface area contributed by atoms with Gasteiger partial charge in [0.25, 0.3) is 0 Å². The quantitative estimate of drug-likeness (QED) is 0.737. The molecule has 0 saturated heterocycles. The van der Waals surface area contributed by atoms with E-state index in [1.807, 2.05) is 6.92 Å². The van der Waals surface area contributed by atoms with Crippen LogP contribution in [0.3, 0.4) is 0 Å². The molecule has 0 bridgehead atoms. The minimum Gasteiger partial charge on any atom is -0.508 e. The van der Waals surface area contributed by atoms with E-state index in [9.17, 15) is 10.2 Å². The first-order valence-corrected chi connectivity index (χ1v) is 6.23. The maximum absolute atomic E-state index is 9.46. The number of rotatable bonds is 5. The van der Waals surface area contributed by atoms with Gasteiger partial charge in [-0.3, -0.25) is 0 Å². The second-order valence-corrected chi connectivity index (χ2v) is 4.93. The van der Waals surface area contributed by atoms with Crippen LogP contribution in [0.4, 0.5) is 0 Å². The van der Waals surface area contributed by atoms with Gasteiger partial charge in [-0.15, -0.1) is 0 Å². The predicted octanol–water partition coefficient (Wildman–Crippen LogP) is 3.18. The Morgan fingerprint density at radius 2 is 1.59 bits per heavy atom. The highest BCUT2D eigenvalue weighted by atomic mass is 16.3. The van der Waals surface area contributed by atoms with Gasteiger partial charge >= 0.3 is 0 Å². The summed E-state index contributed by atoms with van der Waals surface area (Å²) in [6.07, 6.45) is 1.06. The molecule has 0 saturated carbocycles. The molecule has 3 N–H and O–H groups in total. The van der Waals surface area contributed by atoms with Gasteiger partial charge in [-0.2, -0.15) is 0 Å². The Morgan fingerprint density at radius 3 is 2.00 bits per heavy atom. The molecule has 0 spiro atoms. The van der Waals surface area contributed by atoms with Crippen molar-refractivity contribution in [1.29, 1.82) is 0 Å². The van der Waals surface area contributed by atoms with Crippen molar-refractivity contribution in [2.24, 2.45) is 5.92 Å². The van der Waals surface area contributed by atoms with E-state index in [1.165, 1.54) is 6.07 Å². The van der Waals surface area contributed by atoms with Gasteiger partial charge in [0.05, 0.1) is 0 Å². The Hall–Kier alpha value is -1.22. The molecule has 17 heavy (non-hydrogen) atoms. The Balaban J connectivity index is 2.78. The molecular weight excluding hydrogens is 214 g/mol. The standard InChI is InChI=1S/C14H23NO2/c1-5-14(9(2)3)15-10(4)11-6-12(16)8-13(17)7-11/h6-10,14-17H,5H2,1-4H3. The lowest BCUT2D eigenvalue weighted by Gasteiger charge is -2.25. The van der Waals surface area contributed by atoms with E-state index in [2.05, 4.69) is 26.1 Å². The van der Waals surface area contributed by atoms with Crippen molar-refractivity contribution in [2.75, 3.05) is 0 Å². The number of hydrogen-bond donors (Lipinski definition) is 3. The third kappa shape index (κ3) is 3.93. The highest BCUT2D eigenvalue weighted by Gasteiger charge is 2.15. The van der Waals surface area contributed by atoms with Gasteiger partial charge in [0.15, 0.2) is 0 Å². The van der Waals surface area contributed by atoms with Crippen LogP contribution in [0.15, 0.2) is 18.2 Å². The minimum absolute atomic E-state index is 0.103. The van der Waals surface area contributed by atoms with E-state index >= 15 is 0 Å². The number of benzene rings is 1. The number of hydrogen-bond acceptors (Lipinski definition) is 3. The predicted molar refractivity (Wildman–Crippen MR) is 70.2 cm³/mol. The summed E-state index contributed by atoms with van der Waals surface area (Å²) in [4.78, 5) is 0. The Labute approximate surface area is 103 Å². The number of phenolic OH excluding ortho intramolecular Hbond substituents is 2. The Morgan fingerprint density at radius 1 is 1.06 bits per heavy atom. The zero-order chi connectivity index (χ0) is 13.0. The van der Waals surface area contributed by atoms with Crippen molar-refractivity contribution in [3.05, 3.63) is 23.8 Å². The van der Waals surface area contributed by atoms with Crippen molar-refractivity contribution < 1.29 is 10.2 Å². The summed E-state index contributed by atoms with van der Waals surface area (Å²) >= 11 is 0. The Kier molecular flexibility index (Phi) is 4.82. The number of phenols is 2. The third-order valence-corrected chi connectivity index (χ3v) is 3.13. The average molecular weight is 237 g/mol. The summed E-state index contributed by atoms with van der Waals surface area (Å²) < 4.78 is 0. The van der Waals surface area contributed by atoms with Gasteiger partial charge in [-0.05, 0) is 37.0 Å². The summed E-state index contributed by atoms with van der Waals surface area (Å²) in [5.41, 5.74) is 0.904. The fourth-order valence-corrected chi connectivity index (χ4v) is 2.07. The van der Waals surface area contributed by atoms with Crippen LogP contribution in [-0.4, -0.2) is 16.3 Å². The second kappa shape index (κ2) is 5.92. The molecule has 96 valence electrons.